The maximum absolute atomic E-state index is 15.9. The van der Waals surface area contributed by atoms with E-state index in [9.17, 15) is 23.4 Å². The Hall–Kier alpha value is -6.65. The molecule has 0 fully saturated rings. The SMILES string of the molecule is COc1ccc(CN(Cc2ccc(OC)cc2)S(=O)(=O)c2c(S(=O)(=O)NC[C@@H](CO)N(C(=O)O)C(C)(C)C)ccc(-c3ccc(N)nc3)c2-c2nnn(Cc3ccc(OC)cc3)n2)cc1. The molecule has 0 bridgehead atoms. The van der Waals surface area contributed by atoms with Gasteiger partial charge in [0.2, 0.25) is 25.9 Å². The summed E-state index contributed by atoms with van der Waals surface area (Å²) in [6, 6.07) is 24.9. The molecule has 6 rings (SSSR count). The summed E-state index contributed by atoms with van der Waals surface area (Å²) in [5, 5.41) is 33.7. The van der Waals surface area contributed by atoms with E-state index in [0.717, 1.165) is 20.8 Å². The molecule has 344 valence electrons. The van der Waals surface area contributed by atoms with Crippen LogP contribution in [0.3, 0.4) is 0 Å². The number of anilines is 1. The normalized spacial score (nSPS) is 12.5. The highest BCUT2D eigenvalue weighted by molar-refractivity contribution is 7.92. The van der Waals surface area contributed by atoms with E-state index in [1.165, 1.54) is 37.3 Å². The number of rotatable bonds is 19. The van der Waals surface area contributed by atoms with E-state index in [-0.39, 0.29) is 42.4 Å². The van der Waals surface area contributed by atoms with Crippen LogP contribution in [0.25, 0.3) is 22.5 Å². The molecule has 5 N–H and O–H groups in total. The van der Waals surface area contributed by atoms with Crippen LogP contribution in [0.5, 0.6) is 17.2 Å². The zero-order valence-electron chi connectivity index (χ0n) is 36.6. The minimum absolute atomic E-state index is 0.0921. The number of pyridine rings is 1. The van der Waals surface area contributed by atoms with Crippen LogP contribution in [0, 0.1) is 0 Å². The van der Waals surface area contributed by atoms with Crippen molar-refractivity contribution in [3.8, 4) is 39.8 Å². The fourth-order valence-electron chi connectivity index (χ4n) is 7.10. The van der Waals surface area contributed by atoms with Gasteiger partial charge < -0.3 is 30.2 Å². The van der Waals surface area contributed by atoms with Gasteiger partial charge in [0.15, 0.2) is 0 Å². The van der Waals surface area contributed by atoms with Crippen molar-refractivity contribution in [2.45, 2.75) is 61.8 Å². The molecule has 0 saturated carbocycles. The lowest BCUT2D eigenvalue weighted by Crippen LogP contribution is -2.56. The highest BCUT2D eigenvalue weighted by Crippen LogP contribution is 2.41. The number of nitrogens with one attached hydrogen (secondary N) is 1. The van der Waals surface area contributed by atoms with E-state index in [4.69, 9.17) is 19.9 Å². The largest absolute Gasteiger partial charge is 0.497 e. The van der Waals surface area contributed by atoms with Crippen molar-refractivity contribution >= 4 is 32.0 Å². The van der Waals surface area contributed by atoms with Gasteiger partial charge in [-0.2, -0.15) is 9.10 Å². The van der Waals surface area contributed by atoms with Gasteiger partial charge in [-0.05, 0) is 103 Å². The standard InChI is InChI=1S/C44H51N9O10S2/c1-44(2,3)53(43(55)56)33(28-54)24-47-64(57,58)38-21-20-37(32-13-22-39(45)46-23-32)40(42-48-50-52(49-42)27-31-11-18-36(63-6)19-12-31)41(38)65(59,60)51(25-29-7-14-34(61-4)15-8-29)26-30-9-16-35(62-5)17-10-30/h7-23,33,47,54H,24-28H2,1-6H3,(H2,45,46)(H,55,56)/t33-/m0/s1. The lowest BCUT2D eigenvalue weighted by atomic mass is 10.0. The van der Waals surface area contributed by atoms with Crippen LogP contribution < -0.4 is 24.7 Å². The second kappa shape index (κ2) is 20.0. The Bertz CT molecular complexity index is 2750. The number of aromatic nitrogens is 5. The van der Waals surface area contributed by atoms with Crippen LogP contribution in [0.2, 0.25) is 0 Å². The number of nitrogens with zero attached hydrogens (tertiary/aromatic N) is 7. The van der Waals surface area contributed by atoms with E-state index < -0.39 is 60.7 Å². The predicted molar refractivity (Wildman–Crippen MR) is 241 cm³/mol. The molecular weight excluding hydrogens is 879 g/mol. The minimum Gasteiger partial charge on any atom is -0.497 e. The van der Waals surface area contributed by atoms with Gasteiger partial charge in [-0.1, -0.05) is 42.5 Å². The first kappa shape index (κ1) is 47.8. The molecule has 0 saturated heterocycles. The molecule has 2 aromatic heterocycles. The Morgan fingerprint density at radius 3 is 1.80 bits per heavy atom. The van der Waals surface area contributed by atoms with Crippen molar-refractivity contribution in [3.63, 3.8) is 0 Å². The van der Waals surface area contributed by atoms with E-state index in [1.807, 2.05) is 0 Å². The smallest absolute Gasteiger partial charge is 0.408 e. The summed E-state index contributed by atoms with van der Waals surface area (Å²) in [4.78, 5) is 17.4. The van der Waals surface area contributed by atoms with Crippen LogP contribution in [0.4, 0.5) is 10.6 Å². The van der Waals surface area contributed by atoms with Crippen LogP contribution in [0.15, 0.2) is 113 Å². The third-order valence-electron chi connectivity index (χ3n) is 10.3. The number of aliphatic hydroxyl groups is 1. The first-order valence-electron chi connectivity index (χ1n) is 20.1. The van der Waals surface area contributed by atoms with Gasteiger partial charge in [0, 0.05) is 36.9 Å². The van der Waals surface area contributed by atoms with Crippen molar-refractivity contribution in [1.29, 1.82) is 0 Å². The zero-order valence-corrected chi connectivity index (χ0v) is 38.2. The van der Waals surface area contributed by atoms with Crippen LogP contribution >= 0.6 is 0 Å². The molecule has 1 atom stereocenters. The van der Waals surface area contributed by atoms with Crippen LogP contribution in [-0.4, -0.2) is 114 Å². The first-order valence-corrected chi connectivity index (χ1v) is 23.0. The number of methoxy groups -OCH3 is 3. The number of carbonyl (C=O) groups is 1. The lowest BCUT2D eigenvalue weighted by Gasteiger charge is -2.38. The van der Waals surface area contributed by atoms with Crippen molar-refractivity contribution < 1.29 is 46.1 Å². The van der Waals surface area contributed by atoms with Crippen molar-refractivity contribution in [2.75, 3.05) is 40.2 Å². The molecule has 0 radical (unpaired) electrons. The summed E-state index contributed by atoms with van der Waals surface area (Å²) in [6.45, 7) is 2.99. The number of sulfonamides is 2. The Kier molecular flexibility index (Phi) is 14.7. The van der Waals surface area contributed by atoms with E-state index in [2.05, 4.69) is 25.1 Å². The summed E-state index contributed by atoms with van der Waals surface area (Å²) in [5.74, 6) is 1.61. The molecule has 4 aromatic carbocycles. The molecule has 0 spiro atoms. The zero-order chi connectivity index (χ0) is 47.1. The Morgan fingerprint density at radius 1 is 0.800 bits per heavy atom. The van der Waals surface area contributed by atoms with Gasteiger partial charge in [-0.15, -0.1) is 10.2 Å². The molecular formula is C44H51N9O10S2. The molecule has 1 amide bonds. The highest BCUT2D eigenvalue weighted by atomic mass is 32.2. The topological polar surface area (TPSA) is 255 Å². The molecule has 2 heterocycles. The monoisotopic (exact) mass is 929 g/mol. The first-order chi connectivity index (χ1) is 30.9. The molecule has 19 nitrogen and oxygen atoms in total. The molecule has 0 aliphatic carbocycles. The number of hydrogen-bond acceptors (Lipinski definition) is 14. The molecule has 6 aromatic rings. The van der Waals surface area contributed by atoms with E-state index in [1.54, 1.807) is 107 Å². The Labute approximate surface area is 377 Å². The van der Waals surface area contributed by atoms with Crippen molar-refractivity contribution in [1.82, 2.24) is 39.1 Å². The fraction of sp³-hybridized carbons (Fsp3) is 0.295. The number of aliphatic hydroxyl groups excluding tert-OH is 1. The summed E-state index contributed by atoms with van der Waals surface area (Å²) in [7, 11) is -5.36. The second-order valence-corrected chi connectivity index (χ2v) is 19.4. The van der Waals surface area contributed by atoms with Gasteiger partial charge in [0.25, 0.3) is 0 Å². The summed E-state index contributed by atoms with van der Waals surface area (Å²) < 4.78 is 81.0. The average Bonchev–Trinajstić information content (AvgIpc) is 3.75. The van der Waals surface area contributed by atoms with Crippen molar-refractivity contribution in [2.24, 2.45) is 0 Å². The van der Waals surface area contributed by atoms with E-state index >= 15 is 8.42 Å². The summed E-state index contributed by atoms with van der Waals surface area (Å²) >= 11 is 0. The number of nitrogens with two attached hydrogens (primary N) is 1. The van der Waals surface area contributed by atoms with Crippen molar-refractivity contribution in [3.05, 3.63) is 120 Å². The van der Waals surface area contributed by atoms with Gasteiger partial charge in [0.05, 0.1) is 46.1 Å². The van der Waals surface area contributed by atoms with E-state index in [0.29, 0.717) is 33.9 Å². The molecule has 0 aliphatic heterocycles. The maximum Gasteiger partial charge on any atom is 0.408 e. The quantitative estimate of drug-likeness (QED) is 0.0846. The third-order valence-corrected chi connectivity index (χ3v) is 13.8. The van der Waals surface area contributed by atoms with Gasteiger partial charge in [-0.3, -0.25) is 4.90 Å². The third kappa shape index (κ3) is 11.2. The molecule has 0 aliphatic rings. The molecule has 0 unspecified atom stereocenters. The highest BCUT2D eigenvalue weighted by Gasteiger charge is 2.39. The minimum atomic E-state index is -4.99. The second-order valence-electron chi connectivity index (χ2n) is 15.8. The van der Waals surface area contributed by atoms with Crippen LogP contribution in [-0.2, 0) is 39.7 Å². The maximum atomic E-state index is 15.9. The molecule has 65 heavy (non-hydrogen) atoms. The number of benzene rings is 4. The van der Waals surface area contributed by atoms with Crippen LogP contribution in [0.1, 0.15) is 37.5 Å². The number of carboxylic acid groups (broad SMARTS) is 1. The Morgan fingerprint density at radius 2 is 1.34 bits per heavy atom. The van der Waals surface area contributed by atoms with Gasteiger partial charge >= 0.3 is 6.09 Å². The number of ether oxygens (including phenoxy) is 3. The predicted octanol–water partition coefficient (Wildman–Crippen LogP) is 4.87. The van der Waals surface area contributed by atoms with Gasteiger partial charge in [-0.25, -0.2) is 31.3 Å². The summed E-state index contributed by atoms with van der Waals surface area (Å²) in [5.41, 5.74) is 7.02. The summed E-state index contributed by atoms with van der Waals surface area (Å²) in [6.07, 6.45) is 0.00337. The lowest BCUT2D eigenvalue weighted by molar-refractivity contribution is 0.0482. The Balaban J connectivity index is 1.61. The molecule has 21 heteroatoms. The number of nitrogen functional groups attached to an aromatic ring is 1. The number of tetrazole rings is 1. The number of hydrogen-bond donors (Lipinski definition) is 4. The van der Waals surface area contributed by atoms with Gasteiger partial charge in [0.1, 0.15) is 32.9 Å². The average molecular weight is 930 g/mol. The number of amides is 1. The fourth-order valence-corrected chi connectivity index (χ4v) is 10.6.